The molecule has 6 nitrogen and oxygen atoms in total. The summed E-state index contributed by atoms with van der Waals surface area (Å²) in [5.41, 5.74) is 0.999. The first-order chi connectivity index (χ1) is 13.8. The number of hydrogen-bond donors (Lipinski definition) is 1. The van der Waals surface area contributed by atoms with E-state index in [1.807, 2.05) is 24.3 Å². The molecular weight excluding hydrogens is 412 g/mol. The lowest BCUT2D eigenvalue weighted by molar-refractivity contribution is 0.146. The highest BCUT2D eigenvalue weighted by atomic mass is 35.5. The Hall–Kier alpha value is -2.61. The first-order valence-electron chi connectivity index (χ1n) is 8.86. The average Bonchev–Trinajstić information content (AvgIpc) is 2.72. The normalized spacial score (nSPS) is 10.9. The highest BCUT2D eigenvalue weighted by Crippen LogP contribution is 2.30. The molecule has 0 saturated heterocycles. The number of fused-ring (bicyclic) bond motifs is 1. The van der Waals surface area contributed by atoms with E-state index in [-0.39, 0.29) is 21.9 Å². The topological polar surface area (TPSA) is 63.9 Å². The lowest BCUT2D eigenvalue weighted by Crippen LogP contribution is -2.33. The summed E-state index contributed by atoms with van der Waals surface area (Å²) in [4.78, 5) is 14.8. The van der Waals surface area contributed by atoms with E-state index in [1.165, 1.54) is 4.57 Å². The Morgan fingerprint density at radius 1 is 1.21 bits per heavy atom. The van der Waals surface area contributed by atoms with Crippen molar-refractivity contribution in [2.75, 3.05) is 32.3 Å². The van der Waals surface area contributed by atoms with Crippen LogP contribution in [0.25, 0.3) is 10.9 Å². The molecular formula is C21H21ClN2O4S. The Kier molecular flexibility index (Phi) is 6.42. The number of ether oxygens (including phenoxy) is 2. The number of aromatic hydroxyl groups is 1. The van der Waals surface area contributed by atoms with Crippen molar-refractivity contribution in [3.05, 3.63) is 63.4 Å². The van der Waals surface area contributed by atoms with E-state index in [2.05, 4.69) is 0 Å². The monoisotopic (exact) mass is 432 g/mol. The van der Waals surface area contributed by atoms with Gasteiger partial charge < -0.3 is 24.0 Å². The lowest BCUT2D eigenvalue weighted by atomic mass is 10.1. The molecule has 0 aliphatic carbocycles. The second kappa shape index (κ2) is 8.82. The fraction of sp³-hybridized carbons (Fsp3) is 0.238. The van der Waals surface area contributed by atoms with Crippen molar-refractivity contribution in [2.24, 2.45) is 7.05 Å². The molecule has 29 heavy (non-hydrogen) atoms. The average molecular weight is 433 g/mol. The van der Waals surface area contributed by atoms with Crippen LogP contribution in [0.5, 0.6) is 11.5 Å². The Morgan fingerprint density at radius 3 is 2.55 bits per heavy atom. The van der Waals surface area contributed by atoms with Crippen molar-refractivity contribution in [3.63, 3.8) is 0 Å². The smallest absolute Gasteiger partial charge is 0.264 e. The third-order valence-corrected chi connectivity index (χ3v) is 5.34. The predicted molar refractivity (Wildman–Crippen MR) is 120 cm³/mol. The number of anilines is 1. The third-order valence-electron chi connectivity index (χ3n) is 4.63. The summed E-state index contributed by atoms with van der Waals surface area (Å²) in [5, 5.41) is 11.7. The summed E-state index contributed by atoms with van der Waals surface area (Å²) in [7, 11) is 4.99. The first-order valence-corrected chi connectivity index (χ1v) is 9.65. The lowest BCUT2D eigenvalue weighted by Gasteiger charge is -2.22. The molecule has 0 spiro atoms. The van der Waals surface area contributed by atoms with E-state index < -0.39 is 0 Å². The van der Waals surface area contributed by atoms with Crippen LogP contribution in [-0.4, -0.2) is 42.0 Å². The zero-order chi connectivity index (χ0) is 21.1. The summed E-state index contributed by atoms with van der Waals surface area (Å²) in [6, 6.07) is 12.2. The van der Waals surface area contributed by atoms with Gasteiger partial charge in [0.05, 0.1) is 12.1 Å². The van der Waals surface area contributed by atoms with Crippen LogP contribution in [0.15, 0.2) is 47.3 Å². The van der Waals surface area contributed by atoms with Gasteiger partial charge in [0.25, 0.3) is 5.56 Å². The van der Waals surface area contributed by atoms with Crippen molar-refractivity contribution in [2.45, 2.75) is 0 Å². The van der Waals surface area contributed by atoms with Gasteiger partial charge in [0, 0.05) is 37.3 Å². The number of aromatic nitrogens is 1. The fourth-order valence-corrected chi connectivity index (χ4v) is 3.45. The molecule has 8 heteroatoms. The van der Waals surface area contributed by atoms with E-state index in [1.54, 1.807) is 44.3 Å². The summed E-state index contributed by atoms with van der Waals surface area (Å²) in [6.07, 6.45) is 0. The largest absolute Gasteiger partial charge is 0.506 e. The Balaban J connectivity index is 1.95. The number of nitrogens with zero attached hydrogens (tertiary/aromatic N) is 2. The molecule has 0 atom stereocenters. The summed E-state index contributed by atoms with van der Waals surface area (Å²) in [5.74, 6) is 0.520. The minimum atomic E-state index is -0.381. The second-order valence-corrected chi connectivity index (χ2v) is 7.27. The minimum Gasteiger partial charge on any atom is -0.506 e. The summed E-state index contributed by atoms with van der Waals surface area (Å²) in [6.45, 7) is 0.952. The molecule has 3 aromatic rings. The van der Waals surface area contributed by atoms with Gasteiger partial charge in [0.1, 0.15) is 28.7 Å². The zero-order valence-electron chi connectivity index (χ0n) is 16.3. The maximum Gasteiger partial charge on any atom is 0.264 e. The Labute approximate surface area is 178 Å². The summed E-state index contributed by atoms with van der Waals surface area (Å²) >= 11 is 11.6. The van der Waals surface area contributed by atoms with E-state index in [4.69, 9.17) is 33.3 Å². The number of methoxy groups -OCH3 is 1. The van der Waals surface area contributed by atoms with E-state index in [0.29, 0.717) is 34.9 Å². The van der Waals surface area contributed by atoms with Gasteiger partial charge in [0.2, 0.25) is 0 Å². The molecule has 0 aliphatic rings. The zero-order valence-corrected chi connectivity index (χ0v) is 17.9. The molecule has 0 fully saturated rings. The van der Waals surface area contributed by atoms with E-state index in [9.17, 15) is 9.90 Å². The molecule has 0 unspecified atom stereocenters. The van der Waals surface area contributed by atoms with Crippen molar-refractivity contribution < 1.29 is 14.6 Å². The van der Waals surface area contributed by atoms with Crippen molar-refractivity contribution in [1.82, 2.24) is 4.57 Å². The van der Waals surface area contributed by atoms with E-state index >= 15 is 0 Å². The van der Waals surface area contributed by atoms with Crippen molar-refractivity contribution in [3.8, 4) is 11.5 Å². The van der Waals surface area contributed by atoms with Gasteiger partial charge >= 0.3 is 0 Å². The molecule has 1 heterocycles. The van der Waals surface area contributed by atoms with Crippen LogP contribution in [0.2, 0.25) is 5.02 Å². The Morgan fingerprint density at radius 2 is 1.90 bits per heavy atom. The molecule has 1 N–H and O–H groups in total. The van der Waals surface area contributed by atoms with E-state index in [0.717, 1.165) is 5.69 Å². The van der Waals surface area contributed by atoms with Crippen molar-refractivity contribution in [1.29, 1.82) is 0 Å². The molecule has 1 aromatic heterocycles. The molecule has 0 bridgehead atoms. The fourth-order valence-electron chi connectivity index (χ4n) is 2.99. The van der Waals surface area contributed by atoms with Crippen LogP contribution in [-0.2, 0) is 11.8 Å². The number of rotatable bonds is 6. The van der Waals surface area contributed by atoms with Gasteiger partial charge in [-0.1, -0.05) is 23.8 Å². The molecule has 0 saturated carbocycles. The Bertz CT molecular complexity index is 1110. The predicted octanol–water partition coefficient (Wildman–Crippen LogP) is 3.73. The van der Waals surface area contributed by atoms with Crippen LogP contribution in [0.4, 0.5) is 5.69 Å². The van der Waals surface area contributed by atoms with Gasteiger partial charge in [-0.15, -0.1) is 0 Å². The van der Waals surface area contributed by atoms with Gasteiger partial charge in [-0.05, 0) is 42.5 Å². The summed E-state index contributed by atoms with van der Waals surface area (Å²) < 4.78 is 12.0. The SMILES string of the molecule is COCCOc1ccc(N(C)C(=S)c2c(O)c3cc(Cl)ccc3n(C)c2=O)cc1. The number of aryl methyl sites for hydroxylation is 1. The van der Waals surface area contributed by atoms with Crippen LogP contribution < -0.4 is 15.2 Å². The first kappa shape index (κ1) is 21.1. The second-order valence-electron chi connectivity index (χ2n) is 6.45. The maximum absolute atomic E-state index is 12.9. The standard InChI is InChI=1S/C21H21ClN2O4S/c1-23(14-5-7-15(8-6-14)28-11-10-27-3)21(29)18-19(25)16-12-13(22)4-9-17(16)24(2)20(18)26/h4-9,12,25H,10-11H2,1-3H3. The number of thiocarbonyl (C=S) groups is 1. The third kappa shape index (κ3) is 4.22. The van der Waals surface area contributed by atoms with Crippen LogP contribution >= 0.6 is 23.8 Å². The molecule has 0 amide bonds. The van der Waals surface area contributed by atoms with Crippen molar-refractivity contribution >= 4 is 45.4 Å². The van der Waals surface area contributed by atoms with Gasteiger partial charge in [-0.3, -0.25) is 4.79 Å². The number of halogens is 1. The number of pyridine rings is 1. The van der Waals surface area contributed by atoms with Crippen LogP contribution in [0.1, 0.15) is 5.56 Å². The highest BCUT2D eigenvalue weighted by Gasteiger charge is 2.22. The van der Waals surface area contributed by atoms with Crippen LogP contribution in [0.3, 0.4) is 0 Å². The number of benzene rings is 2. The molecule has 0 aliphatic heterocycles. The van der Waals surface area contributed by atoms with Gasteiger partial charge in [0.15, 0.2) is 0 Å². The molecule has 152 valence electrons. The van der Waals surface area contributed by atoms with Gasteiger partial charge in [-0.2, -0.15) is 0 Å². The maximum atomic E-state index is 12.9. The quantitative estimate of drug-likeness (QED) is 0.473. The molecule has 3 rings (SSSR count). The van der Waals surface area contributed by atoms with Crippen LogP contribution in [0, 0.1) is 0 Å². The van der Waals surface area contributed by atoms with Gasteiger partial charge in [-0.25, -0.2) is 0 Å². The highest BCUT2D eigenvalue weighted by molar-refractivity contribution is 7.81. The molecule has 0 radical (unpaired) electrons. The molecule has 2 aromatic carbocycles. The minimum absolute atomic E-state index is 0.0557. The number of hydrogen-bond acceptors (Lipinski definition) is 5.